The lowest BCUT2D eigenvalue weighted by molar-refractivity contribution is -0.167. The summed E-state index contributed by atoms with van der Waals surface area (Å²) in [6.45, 7) is 6.36. The second-order valence-corrected chi connectivity index (χ2v) is 19.8. The van der Waals surface area contributed by atoms with Gasteiger partial charge in [-0.05, 0) is 122 Å². The van der Waals surface area contributed by atoms with E-state index < -0.39 is 6.10 Å². The van der Waals surface area contributed by atoms with Crippen molar-refractivity contribution in [2.45, 2.75) is 284 Å². The van der Waals surface area contributed by atoms with E-state index in [1.807, 2.05) is 0 Å². The molecule has 0 rings (SSSR count). The molecule has 0 saturated carbocycles. The van der Waals surface area contributed by atoms with Crippen LogP contribution in [0.25, 0.3) is 0 Å². The van der Waals surface area contributed by atoms with Crippen molar-refractivity contribution >= 4 is 17.9 Å². The van der Waals surface area contributed by atoms with Crippen LogP contribution in [0.15, 0.2) is 109 Å². The van der Waals surface area contributed by atoms with Gasteiger partial charge in [-0.3, -0.25) is 14.4 Å². The minimum Gasteiger partial charge on any atom is -0.462 e. The van der Waals surface area contributed by atoms with Gasteiger partial charge in [-0.15, -0.1) is 0 Å². The SMILES string of the molecule is CC/C=C\C/C=C\C/C=C\C/C=C\CCCCCCCCCCCCCCCCC(=O)OCC(COC(=O)CCCCCCC/C=C\CCCCCC)OC(=O)CCCC/C=C\C/C=C\C/C=C\C/C=C\CC. The molecule has 6 heteroatoms. The number of hydrogen-bond acceptors (Lipinski definition) is 6. The van der Waals surface area contributed by atoms with Crippen LogP contribution in [0, 0.1) is 0 Å². The lowest BCUT2D eigenvalue weighted by atomic mass is 10.0. The molecule has 6 nitrogen and oxygen atoms in total. The molecule has 0 aliphatic carbocycles. The maximum atomic E-state index is 12.8. The Morgan fingerprint density at radius 2 is 0.534 bits per heavy atom. The van der Waals surface area contributed by atoms with Gasteiger partial charge in [-0.2, -0.15) is 0 Å². The van der Waals surface area contributed by atoms with Crippen molar-refractivity contribution in [1.82, 2.24) is 0 Å². The Balaban J connectivity index is 4.30. The molecule has 0 aliphatic rings. The first-order chi connectivity index (χ1) is 36.0. The van der Waals surface area contributed by atoms with Crippen LogP contribution in [0.3, 0.4) is 0 Å². The maximum Gasteiger partial charge on any atom is 0.306 e. The number of carbonyl (C=O) groups excluding carboxylic acids is 3. The smallest absolute Gasteiger partial charge is 0.306 e. The third kappa shape index (κ3) is 58.8. The van der Waals surface area contributed by atoms with Gasteiger partial charge >= 0.3 is 17.9 Å². The summed E-state index contributed by atoms with van der Waals surface area (Å²) in [5, 5.41) is 0. The van der Waals surface area contributed by atoms with Crippen LogP contribution in [0.2, 0.25) is 0 Å². The molecule has 0 bridgehead atoms. The van der Waals surface area contributed by atoms with E-state index in [0.29, 0.717) is 19.3 Å². The summed E-state index contributed by atoms with van der Waals surface area (Å²) >= 11 is 0. The molecule has 416 valence electrons. The number of esters is 3. The summed E-state index contributed by atoms with van der Waals surface area (Å²) in [4.78, 5) is 38.2. The average molecular weight is 1010 g/mol. The largest absolute Gasteiger partial charge is 0.462 e. The zero-order valence-corrected chi connectivity index (χ0v) is 47.6. The van der Waals surface area contributed by atoms with Gasteiger partial charge in [0.05, 0.1) is 0 Å². The van der Waals surface area contributed by atoms with Crippen molar-refractivity contribution in [1.29, 1.82) is 0 Å². The number of rotatable bonds is 54. The molecule has 1 unspecified atom stereocenters. The molecule has 0 aromatic rings. The van der Waals surface area contributed by atoms with E-state index in [4.69, 9.17) is 14.2 Å². The minimum absolute atomic E-state index is 0.0975. The number of allylic oxidation sites excluding steroid dienone is 18. The van der Waals surface area contributed by atoms with Gasteiger partial charge in [0.1, 0.15) is 13.2 Å². The van der Waals surface area contributed by atoms with Gasteiger partial charge in [-0.1, -0.05) is 246 Å². The highest BCUT2D eigenvalue weighted by Gasteiger charge is 2.19. The Bertz CT molecular complexity index is 1490. The van der Waals surface area contributed by atoms with Crippen LogP contribution in [0.4, 0.5) is 0 Å². The molecule has 0 N–H and O–H groups in total. The fraction of sp³-hybridized carbons (Fsp3) is 0.687. The fourth-order valence-electron chi connectivity index (χ4n) is 8.24. The second-order valence-electron chi connectivity index (χ2n) is 19.8. The number of carbonyl (C=O) groups is 3. The van der Waals surface area contributed by atoms with Crippen LogP contribution in [-0.4, -0.2) is 37.2 Å². The van der Waals surface area contributed by atoms with E-state index in [1.54, 1.807) is 0 Å². The molecule has 0 amide bonds. The molecule has 0 radical (unpaired) electrons. The Kier molecular flexibility index (Phi) is 57.4. The number of hydrogen-bond donors (Lipinski definition) is 0. The van der Waals surface area contributed by atoms with E-state index in [2.05, 4.69) is 130 Å². The van der Waals surface area contributed by atoms with Crippen molar-refractivity contribution in [2.75, 3.05) is 13.2 Å². The van der Waals surface area contributed by atoms with Crippen LogP contribution in [0.1, 0.15) is 278 Å². The van der Waals surface area contributed by atoms with Gasteiger partial charge < -0.3 is 14.2 Å². The van der Waals surface area contributed by atoms with E-state index in [0.717, 1.165) is 116 Å². The monoisotopic (exact) mass is 1010 g/mol. The highest BCUT2D eigenvalue weighted by Crippen LogP contribution is 2.16. The summed E-state index contributed by atoms with van der Waals surface area (Å²) in [7, 11) is 0. The quantitative estimate of drug-likeness (QED) is 0.0261. The first-order valence-corrected chi connectivity index (χ1v) is 30.4. The lowest BCUT2D eigenvalue weighted by Gasteiger charge is -2.18. The predicted molar refractivity (Wildman–Crippen MR) is 316 cm³/mol. The van der Waals surface area contributed by atoms with Crippen molar-refractivity contribution < 1.29 is 28.6 Å². The van der Waals surface area contributed by atoms with Crippen molar-refractivity contribution in [3.05, 3.63) is 109 Å². The summed E-state index contributed by atoms with van der Waals surface area (Å²) in [6, 6.07) is 0. The van der Waals surface area contributed by atoms with E-state index in [1.165, 1.54) is 116 Å². The maximum absolute atomic E-state index is 12.8. The minimum atomic E-state index is -0.804. The highest BCUT2D eigenvalue weighted by atomic mass is 16.6. The highest BCUT2D eigenvalue weighted by molar-refractivity contribution is 5.71. The van der Waals surface area contributed by atoms with Gasteiger partial charge in [0.2, 0.25) is 0 Å². The normalized spacial score (nSPS) is 12.9. The van der Waals surface area contributed by atoms with Crippen molar-refractivity contribution in [3.8, 4) is 0 Å². The summed E-state index contributed by atoms with van der Waals surface area (Å²) < 4.78 is 16.8. The van der Waals surface area contributed by atoms with Gasteiger partial charge in [0.25, 0.3) is 0 Å². The van der Waals surface area contributed by atoms with Gasteiger partial charge in [0.15, 0.2) is 6.10 Å². The van der Waals surface area contributed by atoms with E-state index >= 15 is 0 Å². The average Bonchev–Trinajstić information content (AvgIpc) is 3.39. The number of ether oxygens (including phenoxy) is 3. The Labute approximate surface area is 450 Å². The Morgan fingerprint density at radius 1 is 0.288 bits per heavy atom. The second kappa shape index (κ2) is 60.6. The lowest BCUT2D eigenvalue weighted by Crippen LogP contribution is -2.30. The molecule has 73 heavy (non-hydrogen) atoms. The van der Waals surface area contributed by atoms with Crippen LogP contribution < -0.4 is 0 Å². The summed E-state index contributed by atoms with van der Waals surface area (Å²) in [5.41, 5.74) is 0. The van der Waals surface area contributed by atoms with E-state index in [-0.39, 0.29) is 37.5 Å². The predicted octanol–water partition coefficient (Wildman–Crippen LogP) is 20.7. The van der Waals surface area contributed by atoms with Crippen LogP contribution in [0.5, 0.6) is 0 Å². The Hall–Kier alpha value is -3.93. The molecular weight excluding hydrogens is 901 g/mol. The third-order valence-corrected chi connectivity index (χ3v) is 12.7. The standard InChI is InChI=1S/C67H112O6/c1-4-7-10-13-16-19-22-25-27-28-29-30-31-32-33-34-35-36-37-38-40-42-45-48-51-54-57-60-66(69)72-63-64(62-71-65(68)59-56-53-50-47-44-41-24-21-18-15-12-9-6-3)73-67(70)61-58-55-52-49-46-43-39-26-23-20-17-14-11-8-5-2/h7-8,10-11,16-17,19-21,24-27,29-30,39,46,49,64H,4-6,9,12-15,18,22-23,28,31-38,40-45,47-48,50-63H2,1-3H3/b10-7-,11-8-,19-16-,20-17-,24-21-,27-25-,30-29-,39-26-,49-46-. The molecular formula is C67H112O6. The van der Waals surface area contributed by atoms with Crippen LogP contribution >= 0.6 is 0 Å². The van der Waals surface area contributed by atoms with Crippen molar-refractivity contribution in [3.63, 3.8) is 0 Å². The summed E-state index contributed by atoms with van der Waals surface area (Å²) in [6.07, 6.45) is 82.4. The molecule has 0 heterocycles. The van der Waals surface area contributed by atoms with Gasteiger partial charge in [0, 0.05) is 19.3 Å². The Morgan fingerprint density at radius 3 is 0.877 bits per heavy atom. The first kappa shape index (κ1) is 69.1. The van der Waals surface area contributed by atoms with E-state index in [9.17, 15) is 14.4 Å². The number of unbranched alkanes of at least 4 members (excludes halogenated alkanes) is 25. The molecule has 0 saturated heterocycles. The summed E-state index contributed by atoms with van der Waals surface area (Å²) in [5.74, 6) is -0.946. The molecule has 0 aromatic carbocycles. The third-order valence-electron chi connectivity index (χ3n) is 12.7. The molecule has 0 spiro atoms. The first-order valence-electron chi connectivity index (χ1n) is 30.4. The van der Waals surface area contributed by atoms with Gasteiger partial charge in [-0.25, -0.2) is 0 Å². The molecule has 0 aliphatic heterocycles. The molecule has 0 aromatic heterocycles. The zero-order valence-electron chi connectivity index (χ0n) is 47.6. The van der Waals surface area contributed by atoms with Crippen LogP contribution in [-0.2, 0) is 28.6 Å². The molecule has 0 fully saturated rings. The fourth-order valence-corrected chi connectivity index (χ4v) is 8.24. The molecule has 1 atom stereocenters. The van der Waals surface area contributed by atoms with Crippen molar-refractivity contribution in [2.24, 2.45) is 0 Å². The topological polar surface area (TPSA) is 78.9 Å². The zero-order chi connectivity index (χ0) is 52.9.